The smallest absolute Gasteiger partial charge is 0.207 e. The fourth-order valence-corrected chi connectivity index (χ4v) is 1.98. The molecule has 3 aromatic rings. The molecule has 2 aliphatic rings. The number of hydrogen-bond acceptors (Lipinski definition) is 6. The molecular formula is C14H8N4O2. The Labute approximate surface area is 114 Å². The van der Waals surface area contributed by atoms with Gasteiger partial charge in [-0.15, -0.1) is 20.4 Å². The molecule has 3 heterocycles. The molecule has 0 aliphatic carbocycles. The number of aromatic nitrogens is 4. The van der Waals surface area contributed by atoms with Gasteiger partial charge in [-0.3, -0.25) is 9.78 Å². The van der Waals surface area contributed by atoms with Gasteiger partial charge in [-0.05, 0) is 24.3 Å². The molecule has 0 radical (unpaired) electrons. The quantitative estimate of drug-likeness (QED) is 0.580. The van der Waals surface area contributed by atoms with Gasteiger partial charge in [0.15, 0.2) is 11.5 Å². The average Bonchev–Trinajstić information content (AvgIpc) is 2.54. The molecule has 96 valence electrons. The molecule has 1 aromatic heterocycles. The molecule has 0 atom stereocenters. The van der Waals surface area contributed by atoms with Crippen LogP contribution in [-0.2, 0) is 0 Å². The third-order valence-electron chi connectivity index (χ3n) is 2.96. The van der Waals surface area contributed by atoms with Crippen LogP contribution in [-0.4, -0.2) is 20.4 Å². The van der Waals surface area contributed by atoms with Gasteiger partial charge in [-0.25, -0.2) is 0 Å². The van der Waals surface area contributed by atoms with Crippen molar-refractivity contribution in [2.24, 2.45) is 0 Å². The molecule has 2 aromatic carbocycles. The summed E-state index contributed by atoms with van der Waals surface area (Å²) in [6, 6.07) is 14.6. The summed E-state index contributed by atoms with van der Waals surface area (Å²) in [5, 5.41) is 16.4. The van der Waals surface area contributed by atoms with Gasteiger partial charge >= 0.3 is 0 Å². The summed E-state index contributed by atoms with van der Waals surface area (Å²) in [4.78, 5) is 10.8. The second-order valence-corrected chi connectivity index (χ2v) is 4.21. The van der Waals surface area contributed by atoms with E-state index in [4.69, 9.17) is 9.78 Å². The van der Waals surface area contributed by atoms with Crippen LogP contribution in [0, 0.1) is 0 Å². The molecule has 5 rings (SSSR count). The summed E-state index contributed by atoms with van der Waals surface area (Å²) < 4.78 is 0. The highest BCUT2D eigenvalue weighted by Gasteiger charge is 2.17. The molecule has 20 heavy (non-hydrogen) atoms. The van der Waals surface area contributed by atoms with E-state index in [2.05, 4.69) is 20.4 Å². The molecule has 0 fully saturated rings. The standard InChI is InChI=1S/C14H8N4O2/c1-3-7-11-9(5-1)13-15-17-14(18-16-13)10-6-2-4-8-12(10)20-19-11/h1-8H. The number of para-hydroxylation sites is 2. The summed E-state index contributed by atoms with van der Waals surface area (Å²) >= 11 is 0. The molecule has 0 N–H and O–H groups in total. The van der Waals surface area contributed by atoms with Crippen LogP contribution in [0.5, 0.6) is 11.5 Å². The Hall–Kier alpha value is -3.02. The molecule has 0 amide bonds. The zero-order valence-corrected chi connectivity index (χ0v) is 10.2. The van der Waals surface area contributed by atoms with Gasteiger partial charge in [0.25, 0.3) is 0 Å². The highest BCUT2D eigenvalue weighted by atomic mass is 17.2. The fraction of sp³-hybridized carbons (Fsp3) is 0. The van der Waals surface area contributed by atoms with E-state index in [1.54, 1.807) is 12.1 Å². The maximum absolute atomic E-state index is 5.41. The Bertz CT molecular complexity index is 708. The van der Waals surface area contributed by atoms with Crippen LogP contribution < -0.4 is 9.78 Å². The van der Waals surface area contributed by atoms with E-state index in [0.717, 1.165) is 0 Å². The number of nitrogens with zero attached hydrogens (tertiary/aromatic N) is 4. The second-order valence-electron chi connectivity index (χ2n) is 4.21. The highest BCUT2D eigenvalue weighted by molar-refractivity contribution is 5.66. The van der Waals surface area contributed by atoms with Crippen molar-refractivity contribution >= 4 is 0 Å². The van der Waals surface area contributed by atoms with Crippen molar-refractivity contribution in [2.75, 3.05) is 0 Å². The monoisotopic (exact) mass is 264 g/mol. The molecule has 0 unspecified atom stereocenters. The van der Waals surface area contributed by atoms with Crippen molar-refractivity contribution in [1.29, 1.82) is 0 Å². The molecule has 6 heteroatoms. The molecule has 2 bridgehead atoms. The van der Waals surface area contributed by atoms with Gasteiger partial charge in [0, 0.05) is 0 Å². The number of hydrogen-bond donors (Lipinski definition) is 0. The van der Waals surface area contributed by atoms with Crippen LogP contribution in [0.15, 0.2) is 48.5 Å². The maximum Gasteiger partial charge on any atom is 0.207 e. The van der Waals surface area contributed by atoms with Crippen LogP contribution >= 0.6 is 0 Å². The van der Waals surface area contributed by atoms with Crippen molar-refractivity contribution in [3.63, 3.8) is 0 Å². The van der Waals surface area contributed by atoms with E-state index in [9.17, 15) is 0 Å². The first-order valence-electron chi connectivity index (χ1n) is 6.02. The summed E-state index contributed by atoms with van der Waals surface area (Å²) in [7, 11) is 0. The van der Waals surface area contributed by atoms with Crippen LogP contribution in [0.3, 0.4) is 0 Å². The van der Waals surface area contributed by atoms with Gasteiger partial charge in [0.1, 0.15) is 0 Å². The van der Waals surface area contributed by atoms with Gasteiger partial charge in [0.2, 0.25) is 11.6 Å². The summed E-state index contributed by atoms with van der Waals surface area (Å²) in [6.07, 6.45) is 0. The zero-order chi connectivity index (χ0) is 13.4. The molecular weight excluding hydrogens is 256 g/mol. The van der Waals surface area contributed by atoms with E-state index in [1.165, 1.54) is 0 Å². The van der Waals surface area contributed by atoms with Gasteiger partial charge in [-0.2, -0.15) is 0 Å². The highest BCUT2D eigenvalue weighted by Crippen LogP contribution is 2.32. The van der Waals surface area contributed by atoms with Crippen molar-refractivity contribution in [3.8, 4) is 34.3 Å². The summed E-state index contributed by atoms with van der Waals surface area (Å²) in [5.41, 5.74) is 1.36. The minimum absolute atomic E-state index is 0.396. The summed E-state index contributed by atoms with van der Waals surface area (Å²) in [6.45, 7) is 0. The predicted octanol–water partition coefficient (Wildman–Crippen LogP) is 2.29. The Morgan fingerprint density at radius 2 is 0.950 bits per heavy atom. The van der Waals surface area contributed by atoms with Crippen LogP contribution in [0.25, 0.3) is 22.8 Å². The Morgan fingerprint density at radius 3 is 1.40 bits per heavy atom. The minimum atomic E-state index is 0.396. The fourth-order valence-electron chi connectivity index (χ4n) is 1.98. The lowest BCUT2D eigenvalue weighted by atomic mass is 10.2. The number of benzene rings is 2. The topological polar surface area (TPSA) is 70.0 Å². The number of rotatable bonds is 0. The Morgan fingerprint density at radius 1 is 0.550 bits per heavy atom. The molecule has 0 saturated heterocycles. The Balaban J connectivity index is 1.98. The lowest BCUT2D eigenvalue weighted by molar-refractivity contribution is -0.0989. The van der Waals surface area contributed by atoms with Crippen molar-refractivity contribution in [3.05, 3.63) is 48.5 Å². The van der Waals surface area contributed by atoms with Crippen molar-refractivity contribution in [1.82, 2.24) is 20.4 Å². The first-order valence-corrected chi connectivity index (χ1v) is 6.02. The Kier molecular flexibility index (Phi) is 2.32. The van der Waals surface area contributed by atoms with Crippen LogP contribution in [0.4, 0.5) is 0 Å². The number of fused-ring (bicyclic) bond motifs is 3. The van der Waals surface area contributed by atoms with Crippen molar-refractivity contribution < 1.29 is 9.78 Å². The molecule has 2 aliphatic heterocycles. The van der Waals surface area contributed by atoms with E-state index in [1.807, 2.05) is 36.4 Å². The lowest BCUT2D eigenvalue weighted by Crippen LogP contribution is -2.08. The third-order valence-corrected chi connectivity index (χ3v) is 2.96. The molecule has 0 spiro atoms. The summed E-state index contributed by atoms with van der Waals surface area (Å²) in [5.74, 6) is 1.82. The van der Waals surface area contributed by atoms with Gasteiger partial charge in [0.05, 0.1) is 11.1 Å². The molecule has 6 nitrogen and oxygen atoms in total. The lowest BCUT2D eigenvalue weighted by Gasteiger charge is -2.13. The van der Waals surface area contributed by atoms with E-state index < -0.39 is 0 Å². The minimum Gasteiger partial charge on any atom is -0.289 e. The van der Waals surface area contributed by atoms with E-state index in [0.29, 0.717) is 34.3 Å². The second kappa shape index (κ2) is 4.27. The first-order chi connectivity index (χ1) is 9.92. The largest absolute Gasteiger partial charge is 0.289 e. The average molecular weight is 264 g/mol. The predicted molar refractivity (Wildman–Crippen MR) is 69.8 cm³/mol. The molecule has 0 saturated carbocycles. The normalized spacial score (nSPS) is 11.8. The van der Waals surface area contributed by atoms with E-state index in [-0.39, 0.29) is 0 Å². The van der Waals surface area contributed by atoms with Crippen LogP contribution in [0.2, 0.25) is 0 Å². The maximum atomic E-state index is 5.41. The zero-order valence-electron chi connectivity index (χ0n) is 10.2. The SMILES string of the molecule is c1ccc2c(c1)OOc1ccccc1-c1nnc-2nn1. The van der Waals surface area contributed by atoms with Crippen LogP contribution in [0.1, 0.15) is 0 Å². The third kappa shape index (κ3) is 1.66. The first kappa shape index (κ1) is 10.9. The van der Waals surface area contributed by atoms with Gasteiger partial charge in [-0.1, -0.05) is 24.3 Å². The van der Waals surface area contributed by atoms with E-state index >= 15 is 0 Å². The van der Waals surface area contributed by atoms with Gasteiger partial charge < -0.3 is 0 Å². The van der Waals surface area contributed by atoms with Crippen molar-refractivity contribution in [2.45, 2.75) is 0 Å².